The van der Waals surface area contributed by atoms with Crippen LogP contribution in [-0.4, -0.2) is 5.21 Å². The molecule has 0 spiro atoms. The molecule has 0 bridgehead atoms. The minimum atomic E-state index is -0.137. The van der Waals surface area contributed by atoms with Crippen molar-refractivity contribution in [2.45, 2.75) is 40.5 Å². The average molecular weight is 276 g/mol. The van der Waals surface area contributed by atoms with Gasteiger partial charge in [-0.3, -0.25) is 5.21 Å². The van der Waals surface area contributed by atoms with Gasteiger partial charge in [0.05, 0.1) is 0 Å². The van der Waals surface area contributed by atoms with Crippen LogP contribution in [0, 0.1) is 19.7 Å². The Hall–Kier alpha value is -1.90. The van der Waals surface area contributed by atoms with Crippen LogP contribution < -0.4 is 4.73 Å². The van der Waals surface area contributed by atoms with Gasteiger partial charge in [-0.2, -0.15) is 0 Å². The van der Waals surface area contributed by atoms with E-state index in [1.165, 1.54) is 22.8 Å². The lowest BCUT2D eigenvalue weighted by Crippen LogP contribution is -2.29. The van der Waals surface area contributed by atoms with Gasteiger partial charge in [0.1, 0.15) is 5.82 Å². The maximum absolute atomic E-state index is 12.5. The number of benzene rings is 1. The van der Waals surface area contributed by atoms with E-state index in [2.05, 4.69) is 6.92 Å². The van der Waals surface area contributed by atoms with Gasteiger partial charge in [0, 0.05) is 16.4 Å². The first-order chi connectivity index (χ1) is 9.47. The molecule has 3 heteroatoms. The smallest absolute Gasteiger partial charge is 0.225 e. The molecule has 2 aromatic rings. The van der Waals surface area contributed by atoms with Gasteiger partial charge in [0.2, 0.25) is 12.4 Å². The van der Waals surface area contributed by atoms with Crippen LogP contribution in [0.2, 0.25) is 0 Å². The minimum Gasteiger partial charge on any atom is -0.285 e. The second kappa shape index (κ2) is 7.63. The Bertz CT molecular complexity index is 515. The maximum Gasteiger partial charge on any atom is 0.225 e. The highest BCUT2D eigenvalue weighted by molar-refractivity contribution is 5.26. The van der Waals surface area contributed by atoms with E-state index in [9.17, 15) is 4.39 Å². The Kier molecular flexibility index (Phi) is 6.16. The van der Waals surface area contributed by atoms with E-state index in [0.717, 1.165) is 23.1 Å². The molecule has 0 atom stereocenters. The Morgan fingerprint density at radius 3 is 2.10 bits per heavy atom. The highest BCUT2D eigenvalue weighted by Crippen LogP contribution is 2.09. The Labute approximate surface area is 120 Å². The molecular formula is C17H23FNO+. The van der Waals surface area contributed by atoms with E-state index < -0.39 is 0 Å². The Morgan fingerprint density at radius 2 is 1.60 bits per heavy atom. The zero-order chi connectivity index (χ0) is 15.1. The Morgan fingerprint density at radius 1 is 1.00 bits per heavy atom. The van der Waals surface area contributed by atoms with Crippen LogP contribution in [0.3, 0.4) is 0 Å². The van der Waals surface area contributed by atoms with Crippen LogP contribution in [0.4, 0.5) is 4.39 Å². The molecule has 0 aliphatic rings. The zero-order valence-electron chi connectivity index (χ0n) is 12.7. The fourth-order valence-corrected chi connectivity index (χ4v) is 1.99. The van der Waals surface area contributed by atoms with E-state index in [1.807, 2.05) is 32.9 Å². The van der Waals surface area contributed by atoms with Crippen molar-refractivity contribution in [3.8, 4) is 0 Å². The number of aromatic nitrogens is 1. The molecule has 20 heavy (non-hydrogen) atoms. The third-order valence-corrected chi connectivity index (χ3v) is 3.34. The van der Waals surface area contributed by atoms with Crippen LogP contribution in [-0.2, 0) is 12.8 Å². The van der Waals surface area contributed by atoms with E-state index in [4.69, 9.17) is 5.21 Å². The lowest BCUT2D eigenvalue weighted by molar-refractivity contribution is -0.905. The van der Waals surface area contributed by atoms with Gasteiger partial charge >= 0.3 is 0 Å². The molecule has 1 heterocycles. The average Bonchev–Trinajstić information content (AvgIpc) is 2.44. The second-order valence-electron chi connectivity index (χ2n) is 4.81. The molecule has 0 radical (unpaired) electrons. The van der Waals surface area contributed by atoms with E-state index >= 15 is 0 Å². The molecule has 0 aliphatic heterocycles. The largest absolute Gasteiger partial charge is 0.285 e. The first kappa shape index (κ1) is 16.2. The molecule has 2 nitrogen and oxygen atoms in total. The molecule has 0 fully saturated rings. The number of nitrogens with zero attached hydrogens (tertiary/aromatic N) is 1. The van der Waals surface area contributed by atoms with E-state index in [0.29, 0.717) is 0 Å². The van der Waals surface area contributed by atoms with Crippen molar-refractivity contribution in [1.29, 1.82) is 0 Å². The summed E-state index contributed by atoms with van der Waals surface area (Å²) >= 11 is 0. The van der Waals surface area contributed by atoms with Gasteiger partial charge in [-0.1, -0.05) is 19.9 Å². The quantitative estimate of drug-likeness (QED) is 0.655. The summed E-state index contributed by atoms with van der Waals surface area (Å²) in [5.74, 6) is -0.137. The van der Waals surface area contributed by atoms with Gasteiger partial charge in [-0.05, 0) is 55.5 Å². The molecule has 0 saturated heterocycles. The summed E-state index contributed by atoms with van der Waals surface area (Å²) in [7, 11) is 0. The van der Waals surface area contributed by atoms with E-state index in [1.54, 1.807) is 18.5 Å². The topological polar surface area (TPSA) is 24.1 Å². The number of hydrogen-bond donors (Lipinski definition) is 1. The van der Waals surface area contributed by atoms with Crippen molar-refractivity contribution in [3.63, 3.8) is 0 Å². The van der Waals surface area contributed by atoms with Gasteiger partial charge in [0.25, 0.3) is 0 Å². The molecule has 0 aliphatic carbocycles. The normalized spacial score (nSPS) is 9.85. The van der Waals surface area contributed by atoms with Crippen molar-refractivity contribution >= 4 is 0 Å². The molecule has 1 N–H and O–H groups in total. The number of aryl methyl sites for hydroxylation is 4. The summed E-state index contributed by atoms with van der Waals surface area (Å²) in [5, 5.41) is 8.99. The second-order valence-corrected chi connectivity index (χ2v) is 4.81. The molecule has 1 aromatic heterocycles. The van der Waals surface area contributed by atoms with Crippen LogP contribution in [0.15, 0.2) is 36.7 Å². The lowest BCUT2D eigenvalue weighted by atomic mass is 10.1. The number of pyridine rings is 1. The predicted molar refractivity (Wildman–Crippen MR) is 78.5 cm³/mol. The first-order valence-corrected chi connectivity index (χ1v) is 6.93. The summed E-state index contributed by atoms with van der Waals surface area (Å²) in [6.07, 6.45) is 5.24. The maximum atomic E-state index is 12.5. The number of halogens is 1. The highest BCUT2D eigenvalue weighted by atomic mass is 19.1. The molecule has 0 unspecified atom stereocenters. The third-order valence-electron chi connectivity index (χ3n) is 3.34. The predicted octanol–water partition coefficient (Wildman–Crippen LogP) is 3.78. The van der Waals surface area contributed by atoms with Crippen LogP contribution >= 0.6 is 0 Å². The summed E-state index contributed by atoms with van der Waals surface area (Å²) < 4.78 is 13.6. The Balaban J connectivity index is 0.000000200. The lowest BCUT2D eigenvalue weighted by Gasteiger charge is -2.00. The van der Waals surface area contributed by atoms with Gasteiger partial charge in [0.15, 0.2) is 0 Å². The molecular weight excluding hydrogens is 253 g/mol. The van der Waals surface area contributed by atoms with Gasteiger partial charge in [-0.15, -0.1) is 0 Å². The van der Waals surface area contributed by atoms with Crippen molar-refractivity contribution in [2.75, 3.05) is 0 Å². The fraction of sp³-hybridized carbons (Fsp3) is 0.353. The van der Waals surface area contributed by atoms with Crippen molar-refractivity contribution in [1.82, 2.24) is 0 Å². The number of rotatable bonds is 2. The first-order valence-electron chi connectivity index (χ1n) is 6.93. The van der Waals surface area contributed by atoms with Crippen LogP contribution in [0.5, 0.6) is 0 Å². The summed E-state index contributed by atoms with van der Waals surface area (Å²) in [4.78, 5) is 0. The SMILES string of the molecule is CCc1c[n+](O)ccc1C.CCc1cc(F)ccc1C. The van der Waals surface area contributed by atoms with E-state index in [-0.39, 0.29) is 5.82 Å². The summed E-state index contributed by atoms with van der Waals surface area (Å²) in [6.45, 7) is 8.14. The highest BCUT2D eigenvalue weighted by Gasteiger charge is 2.01. The van der Waals surface area contributed by atoms with Crippen LogP contribution in [0.25, 0.3) is 0 Å². The molecule has 0 saturated carbocycles. The monoisotopic (exact) mass is 276 g/mol. The molecule has 0 amide bonds. The minimum absolute atomic E-state index is 0.137. The fourth-order valence-electron chi connectivity index (χ4n) is 1.99. The zero-order valence-corrected chi connectivity index (χ0v) is 12.7. The van der Waals surface area contributed by atoms with Crippen LogP contribution in [0.1, 0.15) is 36.1 Å². The number of hydrogen-bond acceptors (Lipinski definition) is 1. The molecule has 1 aromatic carbocycles. The van der Waals surface area contributed by atoms with Crippen molar-refractivity contribution in [2.24, 2.45) is 0 Å². The summed E-state index contributed by atoms with van der Waals surface area (Å²) in [5.41, 5.74) is 4.68. The van der Waals surface area contributed by atoms with Crippen molar-refractivity contribution in [3.05, 3.63) is 64.7 Å². The summed E-state index contributed by atoms with van der Waals surface area (Å²) in [6, 6.07) is 6.80. The molecule has 2 rings (SSSR count). The van der Waals surface area contributed by atoms with Gasteiger partial charge < -0.3 is 0 Å². The molecule has 108 valence electrons. The standard InChI is InChI=1S/C9H11F.C8H12NO/c2*1-3-8-6-9(10)5-4-7(8)2/h4-6H,3H2,1-2H3;4-6,10H,3H2,1-2H3/q;+1. The van der Waals surface area contributed by atoms with Gasteiger partial charge in [-0.25, -0.2) is 4.39 Å². The third kappa shape index (κ3) is 4.65. The van der Waals surface area contributed by atoms with Crippen molar-refractivity contribution < 1.29 is 14.3 Å².